The minimum absolute atomic E-state index is 0.0933. The van der Waals surface area contributed by atoms with Crippen LogP contribution in [0, 0.1) is 5.41 Å². The normalized spacial score (nSPS) is 14.7. The van der Waals surface area contributed by atoms with E-state index in [9.17, 15) is 4.79 Å². The van der Waals surface area contributed by atoms with Crippen LogP contribution in [-0.4, -0.2) is 31.5 Å². The first-order valence-corrected chi connectivity index (χ1v) is 7.21. The summed E-state index contributed by atoms with van der Waals surface area (Å²) >= 11 is 6.04. The number of halogens is 1. The molecular weight excluding hydrogens is 288 g/mol. The summed E-state index contributed by atoms with van der Waals surface area (Å²) in [7, 11) is 1.61. The maximum Gasteiger partial charge on any atom is 0.158 e. The molecule has 5 heteroatoms. The van der Waals surface area contributed by atoms with Crippen molar-refractivity contribution in [1.82, 2.24) is 0 Å². The highest BCUT2D eigenvalue weighted by Gasteiger charge is 2.23. The van der Waals surface area contributed by atoms with Gasteiger partial charge in [0.05, 0.1) is 19.2 Å². The number of carbonyl (C=O) groups excluding carboxylic acids is 1. The number of hydrogen-bond donors (Lipinski definition) is 0. The van der Waals surface area contributed by atoms with E-state index >= 15 is 0 Å². The number of aliphatic imine (C=N–C) groups is 2. The molecule has 0 N–H and O–H groups in total. The molecular formula is C16H19ClN2O2. The molecule has 112 valence electrons. The second kappa shape index (κ2) is 6.39. The predicted molar refractivity (Wildman–Crippen MR) is 85.9 cm³/mol. The smallest absolute Gasteiger partial charge is 0.158 e. The fourth-order valence-corrected chi connectivity index (χ4v) is 2.50. The Morgan fingerprint density at radius 3 is 2.86 bits per heavy atom. The van der Waals surface area contributed by atoms with Crippen molar-refractivity contribution in [3.05, 3.63) is 28.8 Å². The Morgan fingerprint density at radius 1 is 1.43 bits per heavy atom. The maximum absolute atomic E-state index is 10.7. The number of hydrogen-bond acceptors (Lipinski definition) is 4. The largest absolute Gasteiger partial charge is 0.496 e. The monoisotopic (exact) mass is 306 g/mol. The van der Waals surface area contributed by atoms with Gasteiger partial charge in [0, 0.05) is 17.2 Å². The predicted octanol–water partition coefficient (Wildman–Crippen LogP) is 3.56. The quantitative estimate of drug-likeness (QED) is 0.755. The van der Waals surface area contributed by atoms with Crippen LogP contribution in [0.5, 0.6) is 5.75 Å². The molecule has 0 aromatic heterocycles. The minimum atomic E-state index is -0.0933. The van der Waals surface area contributed by atoms with E-state index < -0.39 is 0 Å². The lowest BCUT2D eigenvalue weighted by Crippen LogP contribution is -2.18. The molecule has 1 aromatic carbocycles. The van der Waals surface area contributed by atoms with E-state index in [-0.39, 0.29) is 5.41 Å². The van der Waals surface area contributed by atoms with E-state index in [0.29, 0.717) is 29.6 Å². The van der Waals surface area contributed by atoms with Gasteiger partial charge in [-0.25, -0.2) is 4.99 Å². The zero-order valence-electron chi connectivity index (χ0n) is 12.5. The second-order valence-corrected chi connectivity index (χ2v) is 6.31. The van der Waals surface area contributed by atoms with E-state index in [1.807, 2.05) is 12.1 Å². The van der Waals surface area contributed by atoms with Crippen LogP contribution < -0.4 is 4.74 Å². The highest BCUT2D eigenvalue weighted by molar-refractivity contribution is 6.31. The van der Waals surface area contributed by atoms with Crippen molar-refractivity contribution >= 4 is 29.4 Å². The molecule has 0 aliphatic carbocycles. The van der Waals surface area contributed by atoms with Gasteiger partial charge in [0.25, 0.3) is 0 Å². The lowest BCUT2D eigenvalue weighted by Gasteiger charge is -2.20. The van der Waals surface area contributed by atoms with Crippen LogP contribution in [0.4, 0.5) is 0 Å². The van der Waals surface area contributed by atoms with Crippen LogP contribution in [0.3, 0.4) is 0 Å². The van der Waals surface area contributed by atoms with Crippen LogP contribution >= 0.6 is 11.6 Å². The van der Waals surface area contributed by atoms with Crippen LogP contribution in [0.25, 0.3) is 0 Å². The molecule has 0 saturated heterocycles. The van der Waals surface area contributed by atoms with Gasteiger partial charge in [0.2, 0.25) is 0 Å². The minimum Gasteiger partial charge on any atom is -0.496 e. The highest BCUT2D eigenvalue weighted by Crippen LogP contribution is 2.28. The zero-order chi connectivity index (χ0) is 15.5. The number of rotatable bonds is 6. The first kappa shape index (κ1) is 15.7. The highest BCUT2D eigenvalue weighted by atomic mass is 35.5. The SMILES string of the molecule is COc1ccc(Cl)cc1C1=NCC(CC(C)(C)CC=O)=N1. The molecule has 4 nitrogen and oxygen atoms in total. The number of amidine groups is 1. The first-order valence-electron chi connectivity index (χ1n) is 6.83. The maximum atomic E-state index is 10.7. The summed E-state index contributed by atoms with van der Waals surface area (Å²) < 4.78 is 5.33. The summed E-state index contributed by atoms with van der Waals surface area (Å²) in [5.41, 5.74) is 1.69. The molecule has 1 heterocycles. The van der Waals surface area contributed by atoms with Gasteiger partial charge in [-0.1, -0.05) is 25.4 Å². The van der Waals surface area contributed by atoms with Gasteiger partial charge in [-0.05, 0) is 30.0 Å². The summed E-state index contributed by atoms with van der Waals surface area (Å²) in [5.74, 6) is 1.35. The Hall–Kier alpha value is -1.68. The summed E-state index contributed by atoms with van der Waals surface area (Å²) in [4.78, 5) is 19.8. The molecule has 0 radical (unpaired) electrons. The van der Waals surface area contributed by atoms with Gasteiger partial charge in [0.15, 0.2) is 5.84 Å². The van der Waals surface area contributed by atoms with Crippen molar-refractivity contribution in [3.8, 4) is 5.75 Å². The Kier molecular flexibility index (Phi) is 4.78. The van der Waals surface area contributed by atoms with E-state index in [4.69, 9.17) is 16.3 Å². The molecule has 21 heavy (non-hydrogen) atoms. The summed E-state index contributed by atoms with van der Waals surface area (Å²) in [6.45, 7) is 4.68. The number of ether oxygens (including phenoxy) is 1. The molecule has 2 rings (SSSR count). The molecule has 0 unspecified atom stereocenters. The third kappa shape index (κ3) is 3.91. The van der Waals surface area contributed by atoms with Crippen LogP contribution in [0.1, 0.15) is 32.3 Å². The third-order valence-corrected chi connectivity index (χ3v) is 3.63. The molecule has 0 atom stereocenters. The van der Waals surface area contributed by atoms with Gasteiger partial charge >= 0.3 is 0 Å². The van der Waals surface area contributed by atoms with Crippen molar-refractivity contribution in [2.24, 2.45) is 15.4 Å². The number of aldehydes is 1. The molecule has 1 aromatic rings. The van der Waals surface area contributed by atoms with Crippen molar-refractivity contribution < 1.29 is 9.53 Å². The molecule has 0 saturated carbocycles. The lowest BCUT2D eigenvalue weighted by atomic mass is 9.84. The number of nitrogens with zero attached hydrogens (tertiary/aromatic N) is 2. The van der Waals surface area contributed by atoms with Gasteiger partial charge in [-0.2, -0.15) is 0 Å². The Morgan fingerprint density at radius 2 is 2.19 bits per heavy atom. The van der Waals surface area contributed by atoms with Gasteiger partial charge in [-0.15, -0.1) is 0 Å². The van der Waals surface area contributed by atoms with E-state index in [2.05, 4.69) is 23.8 Å². The van der Waals surface area contributed by atoms with E-state index in [0.717, 1.165) is 24.0 Å². The summed E-state index contributed by atoms with van der Waals surface area (Å²) in [5, 5.41) is 0.624. The Bertz CT molecular complexity index is 606. The molecule has 0 amide bonds. The topological polar surface area (TPSA) is 51.0 Å². The average molecular weight is 307 g/mol. The standard InChI is InChI=1S/C16H19ClN2O2/c1-16(2,6-7-20)9-12-10-18-15(19-12)13-8-11(17)4-5-14(13)21-3/h4-5,7-8H,6,9-10H2,1-3H3. The van der Waals surface area contributed by atoms with E-state index in [1.165, 1.54) is 0 Å². The van der Waals surface area contributed by atoms with Gasteiger partial charge in [-0.3, -0.25) is 4.99 Å². The fraction of sp³-hybridized carbons (Fsp3) is 0.438. The van der Waals surface area contributed by atoms with Crippen LogP contribution in [-0.2, 0) is 4.79 Å². The van der Waals surface area contributed by atoms with Crippen molar-refractivity contribution in [2.45, 2.75) is 26.7 Å². The lowest BCUT2D eigenvalue weighted by molar-refractivity contribution is -0.109. The summed E-state index contributed by atoms with van der Waals surface area (Å²) in [6, 6.07) is 5.39. The van der Waals surface area contributed by atoms with Crippen LogP contribution in [0.2, 0.25) is 5.02 Å². The van der Waals surface area contributed by atoms with Crippen molar-refractivity contribution in [1.29, 1.82) is 0 Å². The van der Waals surface area contributed by atoms with Crippen LogP contribution in [0.15, 0.2) is 28.2 Å². The molecule has 0 fully saturated rings. The third-order valence-electron chi connectivity index (χ3n) is 3.40. The second-order valence-electron chi connectivity index (χ2n) is 5.87. The summed E-state index contributed by atoms with van der Waals surface area (Å²) in [6.07, 6.45) is 2.22. The number of carbonyl (C=O) groups is 1. The fourth-order valence-electron chi connectivity index (χ4n) is 2.33. The van der Waals surface area contributed by atoms with Gasteiger partial charge < -0.3 is 9.53 Å². The molecule has 0 bridgehead atoms. The average Bonchev–Trinajstić information content (AvgIpc) is 2.86. The zero-order valence-corrected chi connectivity index (χ0v) is 13.3. The number of benzene rings is 1. The molecule has 1 aliphatic rings. The van der Waals surface area contributed by atoms with Crippen molar-refractivity contribution in [2.75, 3.05) is 13.7 Å². The van der Waals surface area contributed by atoms with Gasteiger partial charge in [0.1, 0.15) is 12.0 Å². The first-order chi connectivity index (χ1) is 9.95. The van der Waals surface area contributed by atoms with Crippen molar-refractivity contribution in [3.63, 3.8) is 0 Å². The number of methoxy groups -OCH3 is 1. The van der Waals surface area contributed by atoms with E-state index in [1.54, 1.807) is 13.2 Å². The Labute approximate surface area is 129 Å². The Balaban J connectivity index is 2.20. The molecule has 0 spiro atoms. The molecule has 1 aliphatic heterocycles.